The summed E-state index contributed by atoms with van der Waals surface area (Å²) in [4.78, 5) is 22.1. The number of benzene rings is 1. The van der Waals surface area contributed by atoms with Gasteiger partial charge in [0.05, 0.1) is 4.92 Å². The van der Waals surface area contributed by atoms with E-state index in [0.717, 1.165) is 0 Å². The fourth-order valence-electron chi connectivity index (χ4n) is 1.68. The number of hydrogen-bond acceptors (Lipinski definition) is 4. The Morgan fingerprint density at radius 2 is 2.16 bits per heavy atom. The molecule has 0 radical (unpaired) electrons. The van der Waals surface area contributed by atoms with Gasteiger partial charge in [0.15, 0.2) is 0 Å². The summed E-state index contributed by atoms with van der Waals surface area (Å²) in [5.74, 6) is -0.480. The van der Waals surface area contributed by atoms with E-state index < -0.39 is 10.8 Å². The van der Waals surface area contributed by atoms with Crippen LogP contribution in [0.25, 0.3) is 0 Å². The van der Waals surface area contributed by atoms with Gasteiger partial charge in [-0.05, 0) is 25.0 Å². The highest BCUT2D eigenvalue weighted by atomic mass is 35.5. The largest absolute Gasteiger partial charge is 0.351 e. The number of nitro groups is 1. The molecular formula is C12H14ClN3O3. The monoisotopic (exact) mass is 283 g/mol. The summed E-state index contributed by atoms with van der Waals surface area (Å²) >= 11 is 5.76. The zero-order valence-corrected chi connectivity index (χ0v) is 10.9. The first kappa shape index (κ1) is 13.8. The van der Waals surface area contributed by atoms with E-state index >= 15 is 0 Å². The molecule has 2 rings (SSSR count). The third kappa shape index (κ3) is 3.90. The number of nitro benzene ring substituents is 1. The summed E-state index contributed by atoms with van der Waals surface area (Å²) in [6.45, 7) is 1.09. The third-order valence-corrected chi connectivity index (χ3v) is 3.06. The lowest BCUT2D eigenvalue weighted by Gasteiger charge is -2.07. The molecule has 1 aliphatic carbocycles. The topological polar surface area (TPSA) is 84.3 Å². The van der Waals surface area contributed by atoms with Crippen molar-refractivity contribution in [2.75, 3.05) is 13.1 Å². The number of halogens is 1. The molecule has 0 bridgehead atoms. The van der Waals surface area contributed by atoms with Gasteiger partial charge in [-0.25, -0.2) is 0 Å². The van der Waals surface area contributed by atoms with E-state index in [9.17, 15) is 14.9 Å². The van der Waals surface area contributed by atoms with Gasteiger partial charge in [-0.15, -0.1) is 0 Å². The zero-order chi connectivity index (χ0) is 13.8. The summed E-state index contributed by atoms with van der Waals surface area (Å²) in [5, 5.41) is 17.0. The van der Waals surface area contributed by atoms with E-state index in [4.69, 9.17) is 11.6 Å². The maximum absolute atomic E-state index is 11.9. The van der Waals surface area contributed by atoms with Crippen molar-refractivity contribution in [3.8, 4) is 0 Å². The molecule has 1 amide bonds. The highest BCUT2D eigenvalue weighted by molar-refractivity contribution is 6.31. The summed E-state index contributed by atoms with van der Waals surface area (Å²) in [5.41, 5.74) is -0.249. The maximum Gasteiger partial charge on any atom is 0.282 e. The van der Waals surface area contributed by atoms with Crippen molar-refractivity contribution in [3.63, 3.8) is 0 Å². The van der Waals surface area contributed by atoms with E-state index in [1.54, 1.807) is 0 Å². The molecular weight excluding hydrogens is 270 g/mol. The van der Waals surface area contributed by atoms with Gasteiger partial charge in [0.25, 0.3) is 11.6 Å². The Balaban J connectivity index is 1.96. The van der Waals surface area contributed by atoms with Gasteiger partial charge in [-0.3, -0.25) is 14.9 Å². The molecule has 0 spiro atoms. The predicted octanol–water partition coefficient (Wildman–Crippen LogP) is 1.73. The molecule has 0 unspecified atom stereocenters. The average molecular weight is 284 g/mol. The van der Waals surface area contributed by atoms with Gasteiger partial charge in [-0.1, -0.05) is 11.6 Å². The number of nitrogens with zero attached hydrogens (tertiary/aromatic N) is 1. The molecule has 0 atom stereocenters. The minimum atomic E-state index is -0.590. The Morgan fingerprint density at radius 3 is 2.79 bits per heavy atom. The van der Waals surface area contributed by atoms with Crippen LogP contribution in [0.15, 0.2) is 18.2 Å². The van der Waals surface area contributed by atoms with E-state index in [1.807, 2.05) is 0 Å². The predicted molar refractivity (Wildman–Crippen MR) is 71.5 cm³/mol. The number of hydrogen-bond donors (Lipinski definition) is 2. The molecule has 0 heterocycles. The standard InChI is InChI=1S/C12H14ClN3O3/c13-8-1-4-11(16(18)19)10(7-8)12(17)15-6-5-14-9-2-3-9/h1,4,7,9,14H,2-3,5-6H2,(H,15,17). The van der Waals surface area contributed by atoms with Gasteiger partial charge < -0.3 is 10.6 Å². The van der Waals surface area contributed by atoms with Crippen LogP contribution < -0.4 is 10.6 Å². The Hall–Kier alpha value is -1.66. The fourth-order valence-corrected chi connectivity index (χ4v) is 1.86. The number of rotatable bonds is 6. The highest BCUT2D eigenvalue weighted by Gasteiger charge is 2.21. The lowest BCUT2D eigenvalue weighted by atomic mass is 10.1. The second-order valence-corrected chi connectivity index (χ2v) is 4.84. The summed E-state index contributed by atoms with van der Waals surface area (Å²) < 4.78 is 0. The van der Waals surface area contributed by atoms with Gasteiger partial charge in [0.1, 0.15) is 5.56 Å². The molecule has 1 aliphatic rings. The van der Waals surface area contributed by atoms with Crippen LogP contribution in [-0.2, 0) is 0 Å². The van der Waals surface area contributed by atoms with Crippen molar-refractivity contribution < 1.29 is 9.72 Å². The molecule has 6 nitrogen and oxygen atoms in total. The van der Waals surface area contributed by atoms with Gasteiger partial charge >= 0.3 is 0 Å². The minimum Gasteiger partial charge on any atom is -0.351 e. The molecule has 2 N–H and O–H groups in total. The second kappa shape index (κ2) is 5.99. The van der Waals surface area contributed by atoms with E-state index in [0.29, 0.717) is 24.2 Å². The molecule has 1 aromatic carbocycles. The molecule has 102 valence electrons. The molecule has 0 saturated heterocycles. The van der Waals surface area contributed by atoms with Crippen LogP contribution in [0.5, 0.6) is 0 Å². The first-order valence-corrected chi connectivity index (χ1v) is 6.41. The number of carbonyl (C=O) groups is 1. The van der Waals surface area contributed by atoms with E-state index in [-0.39, 0.29) is 11.3 Å². The first-order chi connectivity index (χ1) is 9.08. The Labute approximate surface area is 115 Å². The summed E-state index contributed by atoms with van der Waals surface area (Å²) in [6, 6.07) is 4.51. The Morgan fingerprint density at radius 1 is 1.42 bits per heavy atom. The van der Waals surface area contributed by atoms with Crippen LogP contribution >= 0.6 is 11.6 Å². The lowest BCUT2D eigenvalue weighted by Crippen LogP contribution is -2.32. The van der Waals surface area contributed by atoms with Gasteiger partial charge in [0, 0.05) is 30.2 Å². The lowest BCUT2D eigenvalue weighted by molar-refractivity contribution is -0.385. The van der Waals surface area contributed by atoms with Crippen LogP contribution in [0.1, 0.15) is 23.2 Å². The number of nitrogens with one attached hydrogen (secondary N) is 2. The van der Waals surface area contributed by atoms with Crippen LogP contribution in [-0.4, -0.2) is 30.0 Å². The van der Waals surface area contributed by atoms with Crippen molar-refractivity contribution in [3.05, 3.63) is 38.9 Å². The molecule has 0 aliphatic heterocycles. The Bertz CT molecular complexity index is 503. The molecule has 1 aromatic rings. The smallest absolute Gasteiger partial charge is 0.282 e. The van der Waals surface area contributed by atoms with Crippen LogP contribution in [0.3, 0.4) is 0 Å². The Kier molecular flexibility index (Phi) is 4.34. The maximum atomic E-state index is 11.9. The molecule has 0 aromatic heterocycles. The van der Waals surface area contributed by atoms with E-state index in [1.165, 1.54) is 31.0 Å². The van der Waals surface area contributed by atoms with Crippen LogP contribution in [0.4, 0.5) is 5.69 Å². The second-order valence-electron chi connectivity index (χ2n) is 4.40. The molecule has 7 heteroatoms. The number of carbonyl (C=O) groups excluding carboxylic acids is 1. The third-order valence-electron chi connectivity index (χ3n) is 2.82. The first-order valence-electron chi connectivity index (χ1n) is 6.03. The molecule has 19 heavy (non-hydrogen) atoms. The van der Waals surface area contributed by atoms with Crippen molar-refractivity contribution in [2.24, 2.45) is 0 Å². The SMILES string of the molecule is O=C(NCCNC1CC1)c1cc(Cl)ccc1[N+](=O)[O-]. The van der Waals surface area contributed by atoms with Crippen LogP contribution in [0.2, 0.25) is 5.02 Å². The zero-order valence-electron chi connectivity index (χ0n) is 10.2. The van der Waals surface area contributed by atoms with E-state index in [2.05, 4.69) is 10.6 Å². The molecule has 1 fully saturated rings. The molecule has 1 saturated carbocycles. The van der Waals surface area contributed by atoms with Crippen molar-refractivity contribution in [1.29, 1.82) is 0 Å². The highest BCUT2D eigenvalue weighted by Crippen LogP contribution is 2.22. The summed E-state index contributed by atoms with van der Waals surface area (Å²) in [6.07, 6.45) is 2.35. The quantitative estimate of drug-likeness (QED) is 0.473. The average Bonchev–Trinajstić information content (AvgIpc) is 3.18. The summed E-state index contributed by atoms with van der Waals surface area (Å²) in [7, 11) is 0. The van der Waals surface area contributed by atoms with Crippen LogP contribution in [0, 0.1) is 10.1 Å². The normalized spacial score (nSPS) is 14.2. The van der Waals surface area contributed by atoms with Gasteiger partial charge in [-0.2, -0.15) is 0 Å². The van der Waals surface area contributed by atoms with Crippen molar-refractivity contribution >= 4 is 23.2 Å². The fraction of sp³-hybridized carbons (Fsp3) is 0.417. The van der Waals surface area contributed by atoms with Crippen molar-refractivity contribution in [1.82, 2.24) is 10.6 Å². The minimum absolute atomic E-state index is 0.0103. The van der Waals surface area contributed by atoms with Crippen molar-refractivity contribution in [2.45, 2.75) is 18.9 Å². The number of amides is 1. The van der Waals surface area contributed by atoms with Gasteiger partial charge in [0.2, 0.25) is 0 Å².